The van der Waals surface area contributed by atoms with Gasteiger partial charge in [-0.3, -0.25) is 0 Å². The molecule has 0 bridgehead atoms. The molecule has 0 aromatic rings. The summed E-state index contributed by atoms with van der Waals surface area (Å²) in [5.74, 6) is 0. The predicted molar refractivity (Wildman–Crippen MR) is 33.2 cm³/mol. The van der Waals surface area contributed by atoms with Crippen molar-refractivity contribution in [2.24, 2.45) is 0 Å². The van der Waals surface area contributed by atoms with E-state index in [4.69, 9.17) is 25.2 Å². The van der Waals surface area contributed by atoms with E-state index in [0.717, 1.165) is 0 Å². The highest BCUT2D eigenvalue weighted by atomic mass is 16.6. The first-order valence-electron chi connectivity index (χ1n) is 2.93. The lowest BCUT2D eigenvalue weighted by Crippen LogP contribution is -2.18. The molecular formula is C5H10O6. The van der Waals surface area contributed by atoms with Gasteiger partial charge in [-0.1, -0.05) is 0 Å². The molecule has 6 heteroatoms. The van der Waals surface area contributed by atoms with Gasteiger partial charge >= 0.3 is 6.16 Å². The first-order valence-corrected chi connectivity index (χ1v) is 2.93. The maximum absolute atomic E-state index is 8.62. The van der Waals surface area contributed by atoms with E-state index in [1.807, 2.05) is 0 Å². The number of aliphatic hydroxyl groups excluding tert-OH is 2. The number of aliphatic hydroxyl groups is 2. The van der Waals surface area contributed by atoms with Crippen LogP contribution in [0, 0.1) is 0 Å². The zero-order valence-electron chi connectivity index (χ0n) is 5.67. The Kier molecular flexibility index (Phi) is 4.51. The number of hydrogen-bond acceptors (Lipinski definition) is 4. The molecule has 0 radical (unpaired) electrons. The van der Waals surface area contributed by atoms with Gasteiger partial charge in [-0.2, -0.15) is 0 Å². The van der Waals surface area contributed by atoms with E-state index < -0.39 is 18.5 Å². The van der Waals surface area contributed by atoms with Crippen LogP contribution in [0.5, 0.6) is 0 Å². The topological polar surface area (TPSA) is 107 Å². The SMILES string of the molecule is O=C(O)O.OC1CCOC1O. The summed E-state index contributed by atoms with van der Waals surface area (Å²) in [6.45, 7) is 0.475. The summed E-state index contributed by atoms with van der Waals surface area (Å²) in [5.41, 5.74) is 0. The molecule has 0 saturated carbocycles. The zero-order valence-corrected chi connectivity index (χ0v) is 5.67. The molecule has 2 unspecified atom stereocenters. The van der Waals surface area contributed by atoms with Crippen LogP contribution < -0.4 is 0 Å². The second-order valence-electron chi connectivity index (χ2n) is 1.90. The van der Waals surface area contributed by atoms with E-state index in [2.05, 4.69) is 4.74 Å². The highest BCUT2D eigenvalue weighted by Gasteiger charge is 2.22. The minimum absolute atomic E-state index is 0.475. The Bertz CT molecular complexity index is 112. The standard InChI is InChI=1S/C4H8O3.CH2O3/c5-3-1-2-7-4(3)6;2-1(3)4/h3-6H,1-2H2;(H2,2,3,4). The fourth-order valence-electron chi connectivity index (χ4n) is 0.563. The molecule has 1 aliphatic rings. The highest BCUT2D eigenvalue weighted by molar-refractivity contribution is 5.53. The van der Waals surface area contributed by atoms with Gasteiger partial charge in [0, 0.05) is 6.42 Å². The molecule has 4 N–H and O–H groups in total. The van der Waals surface area contributed by atoms with E-state index in [1.165, 1.54) is 0 Å². The molecule has 6 nitrogen and oxygen atoms in total. The lowest BCUT2D eigenvalue weighted by atomic mass is 10.3. The fraction of sp³-hybridized carbons (Fsp3) is 0.800. The van der Waals surface area contributed by atoms with Gasteiger partial charge in [0.25, 0.3) is 0 Å². The van der Waals surface area contributed by atoms with E-state index >= 15 is 0 Å². The lowest BCUT2D eigenvalue weighted by Gasteiger charge is -2.02. The molecular weight excluding hydrogens is 156 g/mol. The van der Waals surface area contributed by atoms with E-state index in [-0.39, 0.29) is 0 Å². The smallest absolute Gasteiger partial charge is 0.450 e. The van der Waals surface area contributed by atoms with Gasteiger partial charge in [0.05, 0.1) is 6.61 Å². The minimum Gasteiger partial charge on any atom is -0.450 e. The third-order valence-corrected chi connectivity index (χ3v) is 1.03. The molecule has 0 aliphatic carbocycles. The van der Waals surface area contributed by atoms with Crippen LogP contribution in [0.1, 0.15) is 6.42 Å². The summed E-state index contributed by atoms with van der Waals surface area (Å²) in [4.78, 5) is 8.56. The van der Waals surface area contributed by atoms with Gasteiger partial charge in [0.2, 0.25) is 0 Å². The fourth-order valence-corrected chi connectivity index (χ4v) is 0.563. The molecule has 11 heavy (non-hydrogen) atoms. The first-order chi connectivity index (χ1) is 5.04. The summed E-state index contributed by atoms with van der Waals surface area (Å²) in [5, 5.41) is 31.1. The molecule has 1 rings (SSSR count). The molecule has 1 heterocycles. The Labute approximate surface area is 62.7 Å². The third-order valence-electron chi connectivity index (χ3n) is 1.03. The zero-order chi connectivity index (χ0) is 8.85. The van der Waals surface area contributed by atoms with Gasteiger partial charge in [-0.15, -0.1) is 0 Å². The van der Waals surface area contributed by atoms with Crippen molar-refractivity contribution in [1.29, 1.82) is 0 Å². The van der Waals surface area contributed by atoms with Crippen LogP contribution in [0.3, 0.4) is 0 Å². The van der Waals surface area contributed by atoms with Gasteiger partial charge < -0.3 is 25.2 Å². The Hall–Kier alpha value is -0.850. The average molecular weight is 166 g/mol. The Morgan fingerprint density at radius 2 is 1.82 bits per heavy atom. The maximum atomic E-state index is 8.62. The van der Waals surface area contributed by atoms with Crippen LogP contribution in [0.25, 0.3) is 0 Å². The molecule has 0 spiro atoms. The molecule has 0 aromatic carbocycles. The molecule has 1 fully saturated rings. The second kappa shape index (κ2) is 4.89. The minimum atomic E-state index is -1.83. The van der Waals surface area contributed by atoms with Gasteiger partial charge in [0.1, 0.15) is 6.10 Å². The van der Waals surface area contributed by atoms with Crippen molar-refractivity contribution in [1.82, 2.24) is 0 Å². The van der Waals surface area contributed by atoms with Crippen LogP contribution in [-0.4, -0.2) is 45.6 Å². The quantitative estimate of drug-likeness (QED) is 0.379. The van der Waals surface area contributed by atoms with Gasteiger partial charge in [-0.05, 0) is 0 Å². The van der Waals surface area contributed by atoms with Crippen LogP contribution in [0.2, 0.25) is 0 Å². The van der Waals surface area contributed by atoms with Gasteiger partial charge in [-0.25, -0.2) is 4.79 Å². The maximum Gasteiger partial charge on any atom is 0.503 e. The van der Waals surface area contributed by atoms with E-state index in [9.17, 15) is 0 Å². The van der Waals surface area contributed by atoms with Crippen LogP contribution in [0.15, 0.2) is 0 Å². The molecule has 1 saturated heterocycles. The largest absolute Gasteiger partial charge is 0.503 e. The monoisotopic (exact) mass is 166 g/mol. The first kappa shape index (κ1) is 10.2. The Morgan fingerprint density at radius 1 is 1.36 bits per heavy atom. The Balaban J connectivity index is 0.000000218. The predicted octanol–water partition coefficient (Wildman–Crippen LogP) is -0.692. The average Bonchev–Trinajstić information content (AvgIpc) is 2.15. The highest BCUT2D eigenvalue weighted by Crippen LogP contribution is 2.08. The second-order valence-corrected chi connectivity index (χ2v) is 1.90. The number of carboxylic acid groups (broad SMARTS) is 2. The molecule has 1 aliphatic heterocycles. The van der Waals surface area contributed by atoms with E-state index in [0.29, 0.717) is 13.0 Å². The van der Waals surface area contributed by atoms with E-state index in [1.54, 1.807) is 0 Å². The Morgan fingerprint density at radius 3 is 1.91 bits per heavy atom. The van der Waals surface area contributed by atoms with Crippen LogP contribution in [0.4, 0.5) is 4.79 Å². The van der Waals surface area contributed by atoms with Crippen molar-refractivity contribution in [3.63, 3.8) is 0 Å². The summed E-state index contributed by atoms with van der Waals surface area (Å²) in [6.07, 6.45) is -2.86. The van der Waals surface area contributed by atoms with Crippen molar-refractivity contribution in [2.45, 2.75) is 18.8 Å². The molecule has 0 amide bonds. The van der Waals surface area contributed by atoms with Crippen molar-refractivity contribution < 1.29 is 30.0 Å². The third kappa shape index (κ3) is 5.59. The van der Waals surface area contributed by atoms with Crippen molar-refractivity contribution in [3.05, 3.63) is 0 Å². The molecule has 0 aromatic heterocycles. The molecule has 2 atom stereocenters. The van der Waals surface area contributed by atoms with Crippen LogP contribution in [-0.2, 0) is 4.74 Å². The summed E-state index contributed by atoms with van der Waals surface area (Å²) in [7, 11) is 0. The van der Waals surface area contributed by atoms with Gasteiger partial charge in [0.15, 0.2) is 6.29 Å². The van der Waals surface area contributed by atoms with Crippen molar-refractivity contribution >= 4 is 6.16 Å². The normalized spacial score (nSPS) is 28.9. The number of hydrogen-bond donors (Lipinski definition) is 4. The van der Waals surface area contributed by atoms with Crippen molar-refractivity contribution in [2.75, 3.05) is 6.61 Å². The van der Waals surface area contributed by atoms with Crippen LogP contribution >= 0.6 is 0 Å². The number of rotatable bonds is 0. The summed E-state index contributed by atoms with van der Waals surface area (Å²) >= 11 is 0. The molecule has 66 valence electrons. The number of ether oxygens (including phenoxy) is 1. The summed E-state index contributed by atoms with van der Waals surface area (Å²) < 4.78 is 4.57. The lowest BCUT2D eigenvalue weighted by molar-refractivity contribution is -0.107. The van der Waals surface area contributed by atoms with Crippen molar-refractivity contribution in [3.8, 4) is 0 Å². The summed E-state index contributed by atoms with van der Waals surface area (Å²) in [6, 6.07) is 0. The number of carbonyl (C=O) groups is 1.